The van der Waals surface area contributed by atoms with Crippen molar-refractivity contribution in [1.29, 1.82) is 0 Å². The van der Waals surface area contributed by atoms with E-state index in [1.54, 1.807) is 4.90 Å². The first kappa shape index (κ1) is 27.0. The first-order valence-electron chi connectivity index (χ1n) is 12.9. The lowest BCUT2D eigenvalue weighted by molar-refractivity contribution is -0.125. The molecular formula is C29H36N6O3. The number of amides is 2. The molecule has 0 spiro atoms. The highest BCUT2D eigenvalue weighted by Crippen LogP contribution is 2.34. The van der Waals surface area contributed by atoms with Crippen LogP contribution in [0.3, 0.4) is 0 Å². The van der Waals surface area contributed by atoms with Crippen LogP contribution in [0.1, 0.15) is 54.8 Å². The summed E-state index contributed by atoms with van der Waals surface area (Å²) in [5, 5.41) is 6.71. The van der Waals surface area contributed by atoms with Crippen molar-refractivity contribution in [3.63, 3.8) is 0 Å². The third kappa shape index (κ3) is 6.10. The third-order valence-corrected chi connectivity index (χ3v) is 6.87. The topological polar surface area (TPSA) is 104 Å². The van der Waals surface area contributed by atoms with Crippen molar-refractivity contribution in [3.05, 3.63) is 72.2 Å². The monoisotopic (exact) mass is 516 g/mol. The van der Waals surface area contributed by atoms with Crippen molar-refractivity contribution in [2.75, 3.05) is 31.6 Å². The van der Waals surface area contributed by atoms with Gasteiger partial charge in [-0.1, -0.05) is 50.7 Å². The Labute approximate surface area is 223 Å². The van der Waals surface area contributed by atoms with Crippen molar-refractivity contribution in [1.82, 2.24) is 25.3 Å². The van der Waals surface area contributed by atoms with E-state index in [0.717, 1.165) is 47.5 Å². The Kier molecular flexibility index (Phi) is 7.94. The van der Waals surface area contributed by atoms with E-state index in [4.69, 9.17) is 4.52 Å². The maximum Gasteiger partial charge on any atom is 0.292 e. The smallest absolute Gasteiger partial charge is 0.292 e. The molecule has 0 radical (unpaired) electrons. The molecule has 1 fully saturated rings. The summed E-state index contributed by atoms with van der Waals surface area (Å²) in [7, 11) is 1.82. The summed E-state index contributed by atoms with van der Waals surface area (Å²) >= 11 is 0. The van der Waals surface area contributed by atoms with Crippen LogP contribution in [0.4, 0.5) is 5.69 Å². The Morgan fingerprint density at radius 2 is 2.08 bits per heavy atom. The molecule has 9 nitrogen and oxygen atoms in total. The van der Waals surface area contributed by atoms with Crippen LogP contribution < -0.4 is 10.2 Å². The number of carbonyl (C=O) groups excluding carboxylic acids is 2. The molecule has 1 N–H and O–H groups in total. The summed E-state index contributed by atoms with van der Waals surface area (Å²) in [4.78, 5) is 37.2. The van der Waals surface area contributed by atoms with Gasteiger partial charge < -0.3 is 19.6 Å². The second kappa shape index (κ2) is 11.2. The molecule has 1 aliphatic rings. The minimum atomic E-state index is -0.367. The Bertz CT molecular complexity index is 1330. The zero-order chi connectivity index (χ0) is 27.4. The second-order valence-electron chi connectivity index (χ2n) is 10.9. The number of rotatable bonds is 8. The molecule has 1 unspecified atom stereocenters. The van der Waals surface area contributed by atoms with Crippen LogP contribution in [-0.4, -0.2) is 58.5 Å². The number of benzene rings is 1. The highest BCUT2D eigenvalue weighted by atomic mass is 16.5. The van der Waals surface area contributed by atoms with Crippen LogP contribution in [0, 0.1) is 12.8 Å². The van der Waals surface area contributed by atoms with E-state index >= 15 is 0 Å². The fourth-order valence-corrected chi connectivity index (χ4v) is 4.65. The number of nitrogens with one attached hydrogen (secondary N) is 1. The van der Waals surface area contributed by atoms with Crippen LogP contribution in [0.5, 0.6) is 0 Å². The number of hydrogen-bond acceptors (Lipinski definition) is 7. The molecule has 3 heterocycles. The number of pyridine rings is 1. The summed E-state index contributed by atoms with van der Waals surface area (Å²) in [5.41, 5.74) is 5.04. The summed E-state index contributed by atoms with van der Waals surface area (Å²) in [6.45, 7) is 14.3. The predicted molar refractivity (Wildman–Crippen MR) is 147 cm³/mol. The standard InChI is InChI=1S/C29H36N6O3/c1-7-25(36)34(6)17-20-11-13-35(18-20)24-16-30-12-10-23(24)21-8-9-22(19(2)14-21)15-31-27(37)26-32-28(38-33-26)29(3,4)5/h7-10,12,14,16,20H,1,11,13,15,17-18H2,2-6H3,(H,31,37). The van der Waals surface area contributed by atoms with Gasteiger partial charge in [-0.05, 0) is 48.1 Å². The van der Waals surface area contributed by atoms with Crippen molar-refractivity contribution >= 4 is 17.5 Å². The number of hydrogen-bond donors (Lipinski definition) is 1. The largest absolute Gasteiger partial charge is 0.369 e. The van der Waals surface area contributed by atoms with Gasteiger partial charge in [-0.25, -0.2) is 0 Å². The molecule has 1 saturated heterocycles. The van der Waals surface area contributed by atoms with Gasteiger partial charge in [0.2, 0.25) is 11.8 Å². The van der Waals surface area contributed by atoms with E-state index in [1.165, 1.54) is 6.08 Å². The van der Waals surface area contributed by atoms with Gasteiger partial charge in [-0.15, -0.1) is 0 Å². The molecule has 38 heavy (non-hydrogen) atoms. The second-order valence-corrected chi connectivity index (χ2v) is 10.9. The molecule has 9 heteroatoms. The average Bonchev–Trinajstić information content (AvgIpc) is 3.57. The lowest BCUT2D eigenvalue weighted by Crippen LogP contribution is -2.32. The van der Waals surface area contributed by atoms with Crippen LogP contribution in [0.15, 0.2) is 53.8 Å². The number of nitrogens with zero attached hydrogens (tertiary/aromatic N) is 5. The predicted octanol–water partition coefficient (Wildman–Crippen LogP) is 4.14. The van der Waals surface area contributed by atoms with Gasteiger partial charge in [0.1, 0.15) is 0 Å². The zero-order valence-electron chi connectivity index (χ0n) is 22.8. The molecule has 1 atom stereocenters. The average molecular weight is 517 g/mol. The van der Waals surface area contributed by atoms with Crippen LogP contribution in [0.2, 0.25) is 0 Å². The van der Waals surface area contributed by atoms with Crippen LogP contribution in [0.25, 0.3) is 11.1 Å². The molecule has 1 aromatic carbocycles. The van der Waals surface area contributed by atoms with Gasteiger partial charge in [0.15, 0.2) is 0 Å². The zero-order valence-corrected chi connectivity index (χ0v) is 22.8. The summed E-state index contributed by atoms with van der Waals surface area (Å²) in [6, 6.07) is 8.28. The lowest BCUT2D eigenvalue weighted by Gasteiger charge is -2.23. The van der Waals surface area contributed by atoms with Gasteiger partial charge in [0.05, 0.1) is 11.9 Å². The van der Waals surface area contributed by atoms with Crippen molar-refractivity contribution in [2.24, 2.45) is 5.92 Å². The number of carbonyl (C=O) groups is 2. The third-order valence-electron chi connectivity index (χ3n) is 6.87. The maximum atomic E-state index is 12.6. The van der Waals surface area contributed by atoms with E-state index < -0.39 is 0 Å². The molecule has 2 amide bonds. The highest BCUT2D eigenvalue weighted by Gasteiger charge is 2.27. The summed E-state index contributed by atoms with van der Waals surface area (Å²) < 4.78 is 5.23. The lowest BCUT2D eigenvalue weighted by atomic mass is 9.97. The van der Waals surface area contributed by atoms with E-state index in [9.17, 15) is 9.59 Å². The minimum absolute atomic E-state index is 0.0367. The summed E-state index contributed by atoms with van der Waals surface area (Å²) in [5.74, 6) is 0.438. The van der Waals surface area contributed by atoms with Gasteiger partial charge >= 0.3 is 0 Å². The fraction of sp³-hybridized carbons (Fsp3) is 0.414. The first-order valence-corrected chi connectivity index (χ1v) is 12.9. The van der Waals surface area contributed by atoms with Crippen molar-refractivity contribution in [3.8, 4) is 11.1 Å². The van der Waals surface area contributed by atoms with E-state index in [-0.39, 0.29) is 23.1 Å². The van der Waals surface area contributed by atoms with Gasteiger partial charge in [0.25, 0.3) is 11.7 Å². The van der Waals surface area contributed by atoms with Crippen LogP contribution >= 0.6 is 0 Å². The molecule has 0 saturated carbocycles. The molecule has 200 valence electrons. The molecule has 3 aromatic rings. The van der Waals surface area contributed by atoms with Crippen molar-refractivity contribution in [2.45, 2.75) is 46.1 Å². The fourth-order valence-electron chi connectivity index (χ4n) is 4.65. The molecule has 4 rings (SSSR count). The van der Waals surface area contributed by atoms with Crippen molar-refractivity contribution < 1.29 is 14.1 Å². The van der Waals surface area contributed by atoms with Crippen LogP contribution in [-0.2, 0) is 16.8 Å². The van der Waals surface area contributed by atoms with E-state index in [0.29, 0.717) is 24.9 Å². The number of likely N-dealkylation sites (N-methyl/N-ethyl adjacent to an activating group) is 1. The van der Waals surface area contributed by atoms with Gasteiger partial charge in [-0.3, -0.25) is 14.6 Å². The Hall–Kier alpha value is -4.01. The Balaban J connectivity index is 1.44. The quantitative estimate of drug-likeness (QED) is 0.449. The molecule has 1 aliphatic heterocycles. The highest BCUT2D eigenvalue weighted by molar-refractivity contribution is 5.90. The molecule has 2 aromatic heterocycles. The number of aryl methyl sites for hydroxylation is 1. The molecule has 0 bridgehead atoms. The number of aromatic nitrogens is 3. The first-order chi connectivity index (χ1) is 18.1. The van der Waals surface area contributed by atoms with E-state index in [2.05, 4.69) is 44.1 Å². The van der Waals surface area contributed by atoms with E-state index in [1.807, 2.05) is 59.3 Å². The molecular weight excluding hydrogens is 480 g/mol. The van der Waals surface area contributed by atoms with Gasteiger partial charge in [0, 0.05) is 50.4 Å². The normalized spacial score (nSPS) is 15.4. The SMILES string of the molecule is C=CC(=O)N(C)CC1CCN(c2cnccc2-c2ccc(CNC(=O)c3noc(C(C)(C)C)n3)c(C)c2)C1. The Morgan fingerprint density at radius 1 is 1.29 bits per heavy atom. The molecule has 0 aliphatic carbocycles. The Morgan fingerprint density at radius 3 is 2.76 bits per heavy atom. The number of anilines is 1. The van der Waals surface area contributed by atoms with Gasteiger partial charge in [-0.2, -0.15) is 4.98 Å². The maximum absolute atomic E-state index is 12.6. The minimum Gasteiger partial charge on any atom is -0.369 e. The summed E-state index contributed by atoms with van der Waals surface area (Å²) in [6.07, 6.45) is 6.09.